The molecule has 1 aliphatic heterocycles. The van der Waals surface area contributed by atoms with Crippen molar-refractivity contribution in [2.45, 2.75) is 25.6 Å². The number of aromatic nitrogens is 2. The van der Waals surface area contributed by atoms with Crippen LogP contribution in [0.15, 0.2) is 42.6 Å². The van der Waals surface area contributed by atoms with E-state index in [2.05, 4.69) is 10.2 Å². The Balaban J connectivity index is 1.64. The van der Waals surface area contributed by atoms with Gasteiger partial charge in [0.25, 0.3) is 0 Å². The third-order valence-electron chi connectivity index (χ3n) is 4.72. The predicted molar refractivity (Wildman–Crippen MR) is 99.3 cm³/mol. The lowest BCUT2D eigenvalue weighted by Gasteiger charge is -2.16. The summed E-state index contributed by atoms with van der Waals surface area (Å²) in [5.74, 6) is -0.559. The van der Waals surface area contributed by atoms with E-state index < -0.39 is 11.6 Å². The number of hydrogen-bond acceptors (Lipinski definition) is 4. The Morgan fingerprint density at radius 1 is 1.18 bits per heavy atom. The van der Waals surface area contributed by atoms with Crippen LogP contribution >= 0.6 is 0 Å². The average Bonchev–Trinajstić information content (AvgIpc) is 3.37. The molecule has 0 radical (unpaired) electrons. The fourth-order valence-electron chi connectivity index (χ4n) is 3.29. The number of aromatic amines is 1. The molecule has 0 amide bonds. The minimum Gasteiger partial charge on any atom is -0.493 e. The van der Waals surface area contributed by atoms with Gasteiger partial charge < -0.3 is 14.2 Å². The fraction of sp³-hybridized carbons (Fsp3) is 0.286. The van der Waals surface area contributed by atoms with E-state index in [1.165, 1.54) is 6.07 Å². The van der Waals surface area contributed by atoms with Gasteiger partial charge in [-0.1, -0.05) is 12.1 Å². The first kappa shape index (κ1) is 18.4. The zero-order valence-electron chi connectivity index (χ0n) is 15.4. The molecule has 1 saturated heterocycles. The standard InChI is InChI=1S/C21H20F2N2O3/c1-26-17-8-7-14(11-18(17)28-19-6-3-9-27-19)21-15(12-24-25-21)10-13-4-2-5-16(22)20(13)23/h2,4-5,7-8,11-12,19H,3,6,9-10H2,1H3,(H,24,25). The molecule has 28 heavy (non-hydrogen) atoms. The maximum absolute atomic E-state index is 14.1. The van der Waals surface area contributed by atoms with E-state index in [1.54, 1.807) is 25.4 Å². The van der Waals surface area contributed by atoms with Crippen LogP contribution in [-0.4, -0.2) is 30.2 Å². The summed E-state index contributed by atoms with van der Waals surface area (Å²) in [5.41, 5.74) is 2.44. The molecule has 1 aromatic heterocycles. The first-order chi connectivity index (χ1) is 13.7. The largest absolute Gasteiger partial charge is 0.493 e. The molecule has 1 unspecified atom stereocenters. The molecule has 5 nitrogen and oxygen atoms in total. The highest BCUT2D eigenvalue weighted by Gasteiger charge is 2.20. The van der Waals surface area contributed by atoms with E-state index >= 15 is 0 Å². The Bertz CT molecular complexity index is 968. The number of nitrogens with one attached hydrogen (secondary N) is 1. The van der Waals surface area contributed by atoms with Crippen LogP contribution in [0.1, 0.15) is 24.0 Å². The van der Waals surface area contributed by atoms with Gasteiger partial charge in [-0.3, -0.25) is 5.10 Å². The van der Waals surface area contributed by atoms with E-state index in [4.69, 9.17) is 14.2 Å². The number of halogens is 2. The van der Waals surface area contributed by atoms with Crippen LogP contribution in [0.2, 0.25) is 0 Å². The molecular formula is C21H20F2N2O3. The van der Waals surface area contributed by atoms with Crippen LogP contribution in [0, 0.1) is 11.6 Å². The summed E-state index contributed by atoms with van der Waals surface area (Å²) >= 11 is 0. The zero-order chi connectivity index (χ0) is 19.5. The van der Waals surface area contributed by atoms with Gasteiger partial charge in [0.05, 0.1) is 19.4 Å². The van der Waals surface area contributed by atoms with Gasteiger partial charge in [-0.05, 0) is 36.2 Å². The Morgan fingerprint density at radius 3 is 2.86 bits per heavy atom. The van der Waals surface area contributed by atoms with Crippen molar-refractivity contribution in [1.29, 1.82) is 0 Å². The summed E-state index contributed by atoms with van der Waals surface area (Å²) in [6, 6.07) is 9.63. The number of H-pyrrole nitrogens is 1. The van der Waals surface area contributed by atoms with E-state index in [1.807, 2.05) is 12.1 Å². The molecule has 1 N–H and O–H groups in total. The molecule has 4 rings (SSSR count). The van der Waals surface area contributed by atoms with Gasteiger partial charge in [0.2, 0.25) is 0 Å². The zero-order valence-corrected chi connectivity index (χ0v) is 15.4. The predicted octanol–water partition coefficient (Wildman–Crippen LogP) is 4.47. The van der Waals surface area contributed by atoms with Crippen molar-refractivity contribution in [1.82, 2.24) is 10.2 Å². The highest BCUT2D eigenvalue weighted by molar-refractivity contribution is 5.67. The highest BCUT2D eigenvalue weighted by atomic mass is 19.2. The summed E-state index contributed by atoms with van der Waals surface area (Å²) in [6.45, 7) is 0.676. The van der Waals surface area contributed by atoms with Crippen molar-refractivity contribution >= 4 is 0 Å². The lowest BCUT2D eigenvalue weighted by Crippen LogP contribution is -2.14. The van der Waals surface area contributed by atoms with E-state index in [0.29, 0.717) is 23.8 Å². The maximum atomic E-state index is 14.1. The molecule has 1 aliphatic rings. The number of methoxy groups -OCH3 is 1. The smallest absolute Gasteiger partial charge is 0.200 e. The normalized spacial score (nSPS) is 16.3. The second-order valence-electron chi connectivity index (χ2n) is 6.57. The van der Waals surface area contributed by atoms with Crippen LogP contribution in [0.4, 0.5) is 8.78 Å². The molecule has 146 valence electrons. The molecule has 0 spiro atoms. The van der Waals surface area contributed by atoms with Gasteiger partial charge >= 0.3 is 0 Å². The van der Waals surface area contributed by atoms with E-state index in [-0.39, 0.29) is 18.3 Å². The lowest BCUT2D eigenvalue weighted by molar-refractivity contribution is -0.0402. The number of rotatable bonds is 6. The Kier molecular flexibility index (Phi) is 5.25. The van der Waals surface area contributed by atoms with Gasteiger partial charge in [-0.15, -0.1) is 0 Å². The molecule has 0 aliphatic carbocycles. The van der Waals surface area contributed by atoms with Crippen LogP contribution in [0.25, 0.3) is 11.3 Å². The van der Waals surface area contributed by atoms with Crippen molar-refractivity contribution in [2.75, 3.05) is 13.7 Å². The maximum Gasteiger partial charge on any atom is 0.200 e. The highest BCUT2D eigenvalue weighted by Crippen LogP contribution is 2.35. The SMILES string of the molecule is COc1ccc(-c2n[nH]cc2Cc2cccc(F)c2F)cc1OC1CCCO1. The number of hydrogen-bond donors (Lipinski definition) is 1. The average molecular weight is 386 g/mol. The summed E-state index contributed by atoms with van der Waals surface area (Å²) in [7, 11) is 1.57. The van der Waals surface area contributed by atoms with E-state index in [9.17, 15) is 8.78 Å². The van der Waals surface area contributed by atoms with Crippen molar-refractivity contribution in [3.8, 4) is 22.8 Å². The summed E-state index contributed by atoms with van der Waals surface area (Å²) in [4.78, 5) is 0. The third kappa shape index (κ3) is 3.71. The van der Waals surface area contributed by atoms with Gasteiger partial charge in [-0.2, -0.15) is 5.10 Å². The number of ether oxygens (including phenoxy) is 3. The molecule has 7 heteroatoms. The second-order valence-corrected chi connectivity index (χ2v) is 6.57. The summed E-state index contributed by atoms with van der Waals surface area (Å²) in [5, 5.41) is 7.10. The molecule has 0 bridgehead atoms. The Labute approximate surface area is 161 Å². The minimum atomic E-state index is -0.862. The first-order valence-corrected chi connectivity index (χ1v) is 9.08. The fourth-order valence-corrected chi connectivity index (χ4v) is 3.29. The van der Waals surface area contributed by atoms with Crippen LogP contribution in [0.5, 0.6) is 11.5 Å². The number of nitrogens with zero attached hydrogens (tertiary/aromatic N) is 1. The topological polar surface area (TPSA) is 56.4 Å². The van der Waals surface area contributed by atoms with Gasteiger partial charge in [-0.25, -0.2) is 8.78 Å². The summed E-state index contributed by atoms with van der Waals surface area (Å²) < 4.78 is 44.4. The van der Waals surface area contributed by atoms with Crippen molar-refractivity contribution < 1.29 is 23.0 Å². The van der Waals surface area contributed by atoms with Crippen molar-refractivity contribution in [3.05, 3.63) is 65.4 Å². The molecule has 1 fully saturated rings. The Hall–Kier alpha value is -2.93. The lowest BCUT2D eigenvalue weighted by atomic mass is 10.0. The molecule has 2 aromatic carbocycles. The van der Waals surface area contributed by atoms with Gasteiger partial charge in [0.1, 0.15) is 0 Å². The molecular weight excluding hydrogens is 366 g/mol. The molecule has 2 heterocycles. The number of benzene rings is 2. The molecule has 0 saturated carbocycles. The van der Waals surface area contributed by atoms with Crippen LogP contribution in [0.3, 0.4) is 0 Å². The minimum absolute atomic E-state index is 0.212. The quantitative estimate of drug-likeness (QED) is 0.679. The second kappa shape index (κ2) is 7.98. The monoisotopic (exact) mass is 386 g/mol. The molecule has 1 atom stereocenters. The Morgan fingerprint density at radius 2 is 2.07 bits per heavy atom. The van der Waals surface area contributed by atoms with E-state index in [0.717, 1.165) is 30.0 Å². The van der Waals surface area contributed by atoms with Crippen molar-refractivity contribution in [3.63, 3.8) is 0 Å². The first-order valence-electron chi connectivity index (χ1n) is 9.08. The molecule has 3 aromatic rings. The van der Waals surface area contributed by atoms with Crippen LogP contribution in [-0.2, 0) is 11.2 Å². The van der Waals surface area contributed by atoms with Gasteiger partial charge in [0.15, 0.2) is 29.4 Å². The van der Waals surface area contributed by atoms with Crippen molar-refractivity contribution in [2.24, 2.45) is 0 Å². The summed E-state index contributed by atoms with van der Waals surface area (Å²) in [6.07, 6.45) is 3.37. The van der Waals surface area contributed by atoms with Gasteiger partial charge in [0, 0.05) is 30.2 Å². The third-order valence-corrected chi connectivity index (χ3v) is 4.72. The van der Waals surface area contributed by atoms with Crippen LogP contribution < -0.4 is 9.47 Å².